The summed E-state index contributed by atoms with van der Waals surface area (Å²) < 4.78 is 26.6. The highest BCUT2D eigenvalue weighted by Crippen LogP contribution is 2.19. The lowest BCUT2D eigenvalue weighted by Crippen LogP contribution is -2.12. The SMILES string of the molecule is C#CC(O)c1ccc(NS(=O)(=O)c2ccccc2)cc1. The Morgan fingerprint density at radius 3 is 2.20 bits per heavy atom. The van der Waals surface area contributed by atoms with E-state index >= 15 is 0 Å². The molecule has 0 saturated heterocycles. The maximum Gasteiger partial charge on any atom is 0.261 e. The molecule has 2 rings (SSSR count). The summed E-state index contributed by atoms with van der Waals surface area (Å²) in [5.41, 5.74) is 0.942. The number of rotatable bonds is 4. The number of aliphatic hydroxyl groups is 1. The van der Waals surface area contributed by atoms with Crippen LogP contribution in [0.5, 0.6) is 0 Å². The second-order valence-electron chi connectivity index (χ2n) is 4.11. The van der Waals surface area contributed by atoms with Gasteiger partial charge in [-0.25, -0.2) is 8.42 Å². The molecule has 20 heavy (non-hydrogen) atoms. The van der Waals surface area contributed by atoms with Gasteiger partial charge in [0, 0.05) is 5.69 Å². The van der Waals surface area contributed by atoms with E-state index in [2.05, 4.69) is 10.6 Å². The molecule has 0 aliphatic heterocycles. The summed E-state index contributed by atoms with van der Waals surface area (Å²) in [6.07, 6.45) is 4.12. The van der Waals surface area contributed by atoms with Crippen molar-refractivity contribution in [3.8, 4) is 12.3 Å². The van der Waals surface area contributed by atoms with Gasteiger partial charge in [-0.1, -0.05) is 36.3 Å². The van der Waals surface area contributed by atoms with E-state index in [0.717, 1.165) is 0 Å². The first kappa shape index (κ1) is 14.1. The Kier molecular flexibility index (Phi) is 4.08. The maximum atomic E-state index is 12.1. The van der Waals surface area contributed by atoms with Crippen LogP contribution in [-0.4, -0.2) is 13.5 Å². The summed E-state index contributed by atoms with van der Waals surface area (Å²) in [5.74, 6) is 2.19. The lowest BCUT2D eigenvalue weighted by atomic mass is 10.1. The summed E-state index contributed by atoms with van der Waals surface area (Å²) in [7, 11) is -3.60. The van der Waals surface area contributed by atoms with Crippen molar-refractivity contribution in [1.29, 1.82) is 0 Å². The van der Waals surface area contributed by atoms with Crippen molar-refractivity contribution in [2.45, 2.75) is 11.0 Å². The zero-order valence-electron chi connectivity index (χ0n) is 10.5. The molecule has 0 spiro atoms. The van der Waals surface area contributed by atoms with Crippen LogP contribution in [0.2, 0.25) is 0 Å². The maximum absolute atomic E-state index is 12.1. The molecule has 2 aromatic carbocycles. The van der Waals surface area contributed by atoms with Gasteiger partial charge in [0.2, 0.25) is 0 Å². The van der Waals surface area contributed by atoms with Crippen molar-refractivity contribution >= 4 is 15.7 Å². The molecule has 102 valence electrons. The largest absolute Gasteiger partial charge is 0.376 e. The summed E-state index contributed by atoms with van der Waals surface area (Å²) >= 11 is 0. The number of terminal acetylenes is 1. The minimum atomic E-state index is -3.60. The Hall–Kier alpha value is -2.29. The van der Waals surface area contributed by atoms with Gasteiger partial charge in [-0.15, -0.1) is 6.42 Å². The smallest absolute Gasteiger partial charge is 0.261 e. The van der Waals surface area contributed by atoms with E-state index in [1.165, 1.54) is 12.1 Å². The van der Waals surface area contributed by atoms with Crippen LogP contribution >= 0.6 is 0 Å². The Bertz CT molecular complexity index is 716. The topological polar surface area (TPSA) is 66.4 Å². The Morgan fingerprint density at radius 2 is 1.65 bits per heavy atom. The molecular weight excluding hydrogens is 274 g/mol. The van der Waals surface area contributed by atoms with Crippen molar-refractivity contribution in [3.05, 3.63) is 60.2 Å². The zero-order chi connectivity index (χ0) is 14.6. The molecule has 0 saturated carbocycles. The van der Waals surface area contributed by atoms with Crippen LogP contribution in [0.3, 0.4) is 0 Å². The van der Waals surface area contributed by atoms with Crippen molar-refractivity contribution in [2.24, 2.45) is 0 Å². The van der Waals surface area contributed by atoms with Gasteiger partial charge in [-0.3, -0.25) is 4.72 Å². The Labute approximate surface area is 118 Å². The zero-order valence-corrected chi connectivity index (χ0v) is 11.3. The van der Waals surface area contributed by atoms with E-state index in [0.29, 0.717) is 11.3 Å². The molecule has 2 aromatic rings. The highest BCUT2D eigenvalue weighted by molar-refractivity contribution is 7.92. The Balaban J connectivity index is 2.21. The molecule has 2 N–H and O–H groups in total. The van der Waals surface area contributed by atoms with Gasteiger partial charge in [0.25, 0.3) is 10.0 Å². The van der Waals surface area contributed by atoms with Gasteiger partial charge in [0.05, 0.1) is 4.90 Å². The quantitative estimate of drug-likeness (QED) is 0.847. The standard InChI is InChI=1S/C15H13NO3S/c1-2-15(17)12-8-10-13(11-9-12)16-20(18,19)14-6-4-3-5-7-14/h1,3-11,15-17H. The highest BCUT2D eigenvalue weighted by atomic mass is 32.2. The minimum Gasteiger partial charge on any atom is -0.376 e. The van der Waals surface area contributed by atoms with Gasteiger partial charge in [-0.2, -0.15) is 0 Å². The molecule has 0 amide bonds. The Morgan fingerprint density at radius 1 is 1.05 bits per heavy atom. The van der Waals surface area contributed by atoms with Crippen LogP contribution in [-0.2, 0) is 10.0 Å². The molecule has 0 aliphatic carbocycles. The number of hydrogen-bond acceptors (Lipinski definition) is 3. The summed E-state index contributed by atoms with van der Waals surface area (Å²) in [6.45, 7) is 0. The van der Waals surface area contributed by atoms with Crippen LogP contribution in [0.25, 0.3) is 0 Å². The van der Waals surface area contributed by atoms with Crippen molar-refractivity contribution in [3.63, 3.8) is 0 Å². The van der Waals surface area contributed by atoms with E-state index in [9.17, 15) is 13.5 Å². The van der Waals surface area contributed by atoms with Crippen LogP contribution in [0.1, 0.15) is 11.7 Å². The molecule has 1 unspecified atom stereocenters. The molecule has 0 aliphatic rings. The fourth-order valence-corrected chi connectivity index (χ4v) is 2.72. The van der Waals surface area contributed by atoms with Crippen molar-refractivity contribution in [2.75, 3.05) is 4.72 Å². The number of aliphatic hydroxyl groups excluding tert-OH is 1. The number of hydrogen-bond donors (Lipinski definition) is 2. The van der Waals surface area contributed by atoms with Crippen LogP contribution in [0.15, 0.2) is 59.5 Å². The van der Waals surface area contributed by atoms with Crippen LogP contribution in [0, 0.1) is 12.3 Å². The average molecular weight is 287 g/mol. The van der Waals surface area contributed by atoms with Gasteiger partial charge < -0.3 is 5.11 Å². The van der Waals surface area contributed by atoms with E-state index < -0.39 is 16.1 Å². The third kappa shape index (κ3) is 3.18. The van der Waals surface area contributed by atoms with Gasteiger partial charge in [-0.05, 0) is 29.8 Å². The first-order chi connectivity index (χ1) is 9.53. The van der Waals surface area contributed by atoms with Gasteiger partial charge in [0.1, 0.15) is 6.10 Å². The van der Waals surface area contributed by atoms with E-state index in [4.69, 9.17) is 6.42 Å². The second kappa shape index (κ2) is 5.78. The molecule has 0 heterocycles. The average Bonchev–Trinajstić information content (AvgIpc) is 2.48. The normalized spacial score (nSPS) is 12.4. The van der Waals surface area contributed by atoms with E-state index in [-0.39, 0.29) is 4.90 Å². The minimum absolute atomic E-state index is 0.188. The van der Waals surface area contributed by atoms with Gasteiger partial charge >= 0.3 is 0 Å². The number of nitrogens with one attached hydrogen (secondary N) is 1. The third-order valence-electron chi connectivity index (χ3n) is 2.69. The molecular formula is C15H13NO3S. The second-order valence-corrected chi connectivity index (χ2v) is 5.79. The molecule has 1 atom stereocenters. The lowest BCUT2D eigenvalue weighted by Gasteiger charge is -2.09. The fraction of sp³-hybridized carbons (Fsp3) is 0.0667. The number of anilines is 1. The first-order valence-electron chi connectivity index (χ1n) is 5.85. The lowest BCUT2D eigenvalue weighted by molar-refractivity contribution is 0.238. The van der Waals surface area contributed by atoms with E-state index in [1.807, 2.05) is 0 Å². The van der Waals surface area contributed by atoms with Crippen molar-refractivity contribution < 1.29 is 13.5 Å². The first-order valence-corrected chi connectivity index (χ1v) is 7.33. The molecule has 5 heteroatoms. The number of benzene rings is 2. The monoisotopic (exact) mass is 287 g/mol. The summed E-state index contributed by atoms with van der Waals surface area (Å²) in [6, 6.07) is 14.3. The predicted molar refractivity (Wildman–Crippen MR) is 77.5 cm³/mol. The number of sulfonamides is 1. The summed E-state index contributed by atoms with van der Waals surface area (Å²) in [5, 5.41) is 9.46. The highest BCUT2D eigenvalue weighted by Gasteiger charge is 2.13. The fourth-order valence-electron chi connectivity index (χ4n) is 1.64. The summed E-state index contributed by atoms with van der Waals surface area (Å²) in [4.78, 5) is 0.188. The molecule has 0 fully saturated rings. The molecule has 4 nitrogen and oxygen atoms in total. The molecule has 0 radical (unpaired) electrons. The van der Waals surface area contributed by atoms with Crippen LogP contribution in [0.4, 0.5) is 5.69 Å². The third-order valence-corrected chi connectivity index (χ3v) is 4.09. The van der Waals surface area contributed by atoms with Crippen molar-refractivity contribution in [1.82, 2.24) is 0 Å². The predicted octanol–water partition coefficient (Wildman–Crippen LogP) is 2.15. The van der Waals surface area contributed by atoms with Crippen LogP contribution < -0.4 is 4.72 Å². The van der Waals surface area contributed by atoms with Gasteiger partial charge in [0.15, 0.2) is 0 Å². The molecule has 0 aromatic heterocycles. The van der Waals surface area contributed by atoms with E-state index in [1.54, 1.807) is 42.5 Å². The molecule has 0 bridgehead atoms.